The summed E-state index contributed by atoms with van der Waals surface area (Å²) < 4.78 is 31.4. The Morgan fingerprint density at radius 1 is 0.417 bits per heavy atom. The highest BCUT2D eigenvalue weighted by Crippen LogP contribution is 2.43. The lowest BCUT2D eigenvalue weighted by Crippen LogP contribution is -2.41. The first-order chi connectivity index (χ1) is 52.6. The molecule has 4 heterocycles. The second-order valence-corrected chi connectivity index (χ2v) is 26.9. The van der Waals surface area contributed by atoms with Crippen molar-refractivity contribution in [2.24, 2.45) is 45.9 Å². The Balaban J connectivity index is 0.937. The number of aliphatic hydroxyl groups is 1. The molecule has 6 aromatic rings. The maximum Gasteiger partial charge on any atom is 0.236 e. The van der Waals surface area contributed by atoms with Gasteiger partial charge in [0.05, 0.1) is 107 Å². The number of hydrogen-bond acceptors (Lipinski definition) is 28. The number of nitrogens with two attached hydrogens (primary N) is 8. The second kappa shape index (κ2) is 49.3. The van der Waals surface area contributed by atoms with E-state index in [1.807, 2.05) is 73.3 Å². The van der Waals surface area contributed by atoms with Crippen molar-refractivity contribution in [2.45, 2.75) is 185 Å². The monoisotopic (exact) mass is 1510 g/mol. The van der Waals surface area contributed by atoms with E-state index in [-0.39, 0.29) is 67.2 Å². The van der Waals surface area contributed by atoms with Crippen LogP contribution in [-0.2, 0) is 95.5 Å². The number of hydrogen-bond donors (Lipinski definition) is 13. The number of unbranched alkanes of at least 4 members (excludes halogenated alkanes) is 4. The van der Waals surface area contributed by atoms with E-state index in [9.17, 15) is 29.1 Å². The number of ether oxygens (including phenoxy) is 4. The van der Waals surface area contributed by atoms with Crippen LogP contribution in [0.2, 0.25) is 0 Å². The van der Waals surface area contributed by atoms with E-state index in [1.165, 1.54) is 0 Å². The van der Waals surface area contributed by atoms with Crippen LogP contribution in [-0.4, -0.2) is 224 Å². The first-order valence-corrected chi connectivity index (χ1v) is 38.1. The highest BCUT2D eigenvalue weighted by Gasteiger charge is 2.41. The number of aromatic nitrogens is 12. The maximum atomic E-state index is 14.1. The lowest BCUT2D eigenvalue weighted by molar-refractivity contribution is -0.123. The summed E-state index contributed by atoms with van der Waals surface area (Å²) >= 11 is 0. The van der Waals surface area contributed by atoms with Crippen LogP contribution >= 0.6 is 0 Å². The van der Waals surface area contributed by atoms with Gasteiger partial charge in [-0.2, -0.15) is 0 Å². The largest absolute Gasteiger partial charge is 0.510 e. The summed E-state index contributed by atoms with van der Waals surface area (Å²) in [6.07, 6.45) is 18.7. The first-order valence-electron chi connectivity index (χ1n) is 38.1. The number of Topliss-reactive ketones (excluding diaryl/α,β-unsaturated/α-hetero) is 1. The van der Waals surface area contributed by atoms with Gasteiger partial charge >= 0.3 is 0 Å². The molecule has 0 bridgehead atoms. The lowest BCUT2D eigenvalue weighted by atomic mass is 9.75. The summed E-state index contributed by atoms with van der Waals surface area (Å²) in [6, 6.07) is 12.7. The van der Waals surface area contributed by atoms with Gasteiger partial charge in [-0.1, -0.05) is 70.8 Å². The number of amides is 4. The zero-order chi connectivity index (χ0) is 77.1. The zero-order valence-corrected chi connectivity index (χ0v) is 62.6. The van der Waals surface area contributed by atoms with E-state index in [2.05, 4.69) is 72.3 Å². The molecule has 1 unspecified atom stereocenters. The number of rotatable bonds is 60. The smallest absolute Gasteiger partial charge is 0.236 e. The van der Waals surface area contributed by atoms with E-state index >= 15 is 0 Å². The molecule has 596 valence electrons. The number of carbonyl (C=O) groups is 5. The molecule has 0 fully saturated rings. The molecule has 0 aliphatic heterocycles. The van der Waals surface area contributed by atoms with Crippen LogP contribution in [0.4, 0.5) is 11.4 Å². The molecule has 0 saturated carbocycles. The molecule has 108 heavy (non-hydrogen) atoms. The van der Waals surface area contributed by atoms with Gasteiger partial charge in [-0.3, -0.25) is 42.7 Å². The second-order valence-electron chi connectivity index (χ2n) is 26.9. The third-order valence-electron chi connectivity index (χ3n) is 18.2. The Morgan fingerprint density at radius 2 is 0.694 bits per heavy atom. The molecule has 2 aromatic carbocycles. The standard InChI is InChI=1S/C72H118N26O10/c73-25-5-1-13-61(77)69(101)81-29-9-33-95-45-55(85-89-95)49-105-41-37-93(38-42-106-50-56-46-96(90-86-56)34-10-30-82-70(102)62(78)14-2-6-26-74)59-21-17-53(18-22-59)65-67(99)66(68(65)100)54-19-23-60(24-20-54)94(39-43-107-51-57-47-97(91-87-57)35-11-31-83-71(103)63(79)15-3-7-27-75)40-44-108-52-58-48-98(92-88-58)36-12-32-84-72(104)64(80)16-4-8-28-76/h17-24,45-48,61-65,99H,1-16,25-44,49-52,73-80H2,(H,81,101)(H,82,102)(H,83,103)(H,84,104)/t61-,62-,63-,64-,65?/m0/s1. The van der Waals surface area contributed by atoms with Crippen LogP contribution in [0.15, 0.2) is 79.1 Å². The van der Waals surface area contributed by atoms with Crippen molar-refractivity contribution in [3.8, 4) is 0 Å². The molecule has 0 radical (unpaired) electrons. The fourth-order valence-corrected chi connectivity index (χ4v) is 11.9. The summed E-state index contributed by atoms with van der Waals surface area (Å²) in [6.45, 7) is 10.2. The Kier molecular flexibility index (Phi) is 39.5. The molecule has 36 heteroatoms. The van der Waals surface area contributed by atoms with Gasteiger partial charge in [0, 0.05) is 89.9 Å². The predicted octanol–water partition coefficient (Wildman–Crippen LogP) is 0.0186. The summed E-state index contributed by atoms with van der Waals surface area (Å²) in [5.41, 5.74) is 52.1. The van der Waals surface area contributed by atoms with Gasteiger partial charge in [-0.25, -0.2) is 0 Å². The normalized spacial score (nSPS) is 14.0. The fourth-order valence-electron chi connectivity index (χ4n) is 11.9. The molecule has 0 spiro atoms. The minimum absolute atomic E-state index is 0.0228. The van der Waals surface area contributed by atoms with Crippen molar-refractivity contribution in [1.29, 1.82) is 0 Å². The molecule has 7 rings (SSSR count). The van der Waals surface area contributed by atoms with Gasteiger partial charge in [0.15, 0.2) is 5.78 Å². The van der Waals surface area contributed by atoms with E-state index in [0.717, 1.165) is 62.7 Å². The zero-order valence-electron chi connectivity index (χ0n) is 62.6. The topological polar surface area (TPSA) is 528 Å². The summed E-state index contributed by atoms with van der Waals surface area (Å²) in [7, 11) is 0. The highest BCUT2D eigenvalue weighted by atomic mass is 16.5. The molecule has 4 aromatic heterocycles. The van der Waals surface area contributed by atoms with Gasteiger partial charge in [0.2, 0.25) is 23.6 Å². The van der Waals surface area contributed by atoms with E-state index in [0.29, 0.717) is 216 Å². The number of benzene rings is 2. The number of aryl methyl sites for hydroxylation is 4. The Hall–Kier alpha value is -8.79. The Bertz CT molecular complexity index is 3420. The van der Waals surface area contributed by atoms with Crippen LogP contribution in [0, 0.1) is 0 Å². The van der Waals surface area contributed by atoms with E-state index in [1.54, 1.807) is 18.7 Å². The molecule has 36 nitrogen and oxygen atoms in total. The Labute approximate surface area is 632 Å². The predicted molar refractivity (Wildman–Crippen MR) is 407 cm³/mol. The minimum atomic E-state index is -0.852. The fraction of sp³-hybridized carbons (Fsp3) is 0.625. The quantitative estimate of drug-likeness (QED) is 0.0224. The number of nitrogens with zero attached hydrogens (tertiary/aromatic N) is 14. The van der Waals surface area contributed by atoms with Gasteiger partial charge < -0.3 is 101 Å². The third-order valence-corrected chi connectivity index (χ3v) is 18.2. The average molecular weight is 1510 g/mol. The summed E-state index contributed by atoms with van der Waals surface area (Å²) in [5, 5.41) is 57.4. The minimum Gasteiger partial charge on any atom is -0.510 e. The summed E-state index contributed by atoms with van der Waals surface area (Å²) in [5.74, 6) is -1.82. The molecule has 21 N–H and O–H groups in total. The van der Waals surface area contributed by atoms with Gasteiger partial charge in [0.25, 0.3) is 0 Å². The number of allylic oxidation sites excluding steroid dienone is 2. The number of ketones is 1. The average Bonchev–Trinajstić information content (AvgIpc) is 1.39. The lowest BCUT2D eigenvalue weighted by Gasteiger charge is -2.30. The van der Waals surface area contributed by atoms with Crippen molar-refractivity contribution < 1.29 is 48.0 Å². The van der Waals surface area contributed by atoms with Crippen LogP contribution in [0.3, 0.4) is 0 Å². The molecule has 5 atom stereocenters. The van der Waals surface area contributed by atoms with Gasteiger partial charge in [-0.15, -0.1) is 20.4 Å². The first kappa shape index (κ1) is 86.4. The number of carbonyl (C=O) groups excluding carboxylic acids is 5. The molecular formula is C72H118N26O10. The van der Waals surface area contributed by atoms with E-state index < -0.39 is 30.1 Å². The molecular weight excluding hydrogens is 1390 g/mol. The van der Waals surface area contributed by atoms with E-state index in [4.69, 9.17) is 64.8 Å². The summed E-state index contributed by atoms with van der Waals surface area (Å²) in [4.78, 5) is 68.0. The molecule has 0 saturated heterocycles. The number of aliphatic hydroxyl groups excluding tert-OH is 1. The molecule has 4 amide bonds. The maximum absolute atomic E-state index is 14.1. The van der Waals surface area contributed by atoms with Crippen molar-refractivity contribution in [3.63, 3.8) is 0 Å². The SMILES string of the molecule is NCCCC[C@H](N)C(=O)NCCCn1cc(COCCN(CCOCc2cn(CCCNC(=O)[C@@H](N)CCCCN)nn2)c2ccc(C3=C(O)C(c4ccc(N(CCOCc5cn(CCCNC(=O)[C@@H](N)CCCCN)nn5)CCOCc5cn(CCCNC(=O)[C@@H](N)CCCCN)nn5)cc4)C3=O)cc2)nn1. The molecule has 1 aliphatic rings. The Morgan fingerprint density at radius 3 is 0.963 bits per heavy atom. The van der Waals surface area contributed by atoms with Gasteiger partial charge in [0.1, 0.15) is 34.5 Å². The van der Waals surface area contributed by atoms with Crippen molar-refractivity contribution in [3.05, 3.63) is 113 Å². The van der Waals surface area contributed by atoms with Crippen LogP contribution in [0.1, 0.15) is 143 Å². The van der Waals surface area contributed by atoms with Crippen LogP contribution in [0.25, 0.3) is 5.57 Å². The van der Waals surface area contributed by atoms with Crippen LogP contribution in [0.5, 0.6) is 0 Å². The van der Waals surface area contributed by atoms with Gasteiger partial charge in [-0.05, 0) is 139 Å². The van der Waals surface area contributed by atoms with Crippen LogP contribution < -0.4 is 76.9 Å². The van der Waals surface area contributed by atoms with Crippen molar-refractivity contribution >= 4 is 46.4 Å². The van der Waals surface area contributed by atoms with Crippen molar-refractivity contribution in [1.82, 2.24) is 81.2 Å². The number of nitrogens with one attached hydrogen (secondary N) is 4. The molecule has 1 aliphatic carbocycles. The number of anilines is 2. The third kappa shape index (κ3) is 30.7. The van der Waals surface area contributed by atoms with Crippen molar-refractivity contribution in [2.75, 3.05) is 115 Å². The highest BCUT2D eigenvalue weighted by molar-refractivity contribution is 6.32.